The maximum absolute atomic E-state index is 9.74. The van der Waals surface area contributed by atoms with Gasteiger partial charge in [-0.3, -0.25) is 0 Å². The molecular weight excluding hydrogens is 242 g/mol. The molecule has 0 aliphatic rings. The van der Waals surface area contributed by atoms with Crippen LogP contribution in [0, 0.1) is 0 Å². The van der Waals surface area contributed by atoms with Gasteiger partial charge in [-0.15, -0.1) is 0 Å². The van der Waals surface area contributed by atoms with Crippen LogP contribution in [0.3, 0.4) is 0 Å². The first-order valence-corrected chi connectivity index (χ1v) is 6.79. The van der Waals surface area contributed by atoms with Crippen LogP contribution in [-0.2, 0) is 11.2 Å². The van der Waals surface area contributed by atoms with Gasteiger partial charge in [0.25, 0.3) is 0 Å². The van der Waals surface area contributed by atoms with E-state index in [0.717, 1.165) is 6.42 Å². The Morgan fingerprint density at radius 3 is 2.47 bits per heavy atom. The first-order chi connectivity index (χ1) is 9.11. The van der Waals surface area contributed by atoms with Gasteiger partial charge in [-0.25, -0.2) is 0 Å². The molecule has 0 amide bonds. The van der Waals surface area contributed by atoms with E-state index in [0.29, 0.717) is 13.2 Å². The fourth-order valence-corrected chi connectivity index (χ4v) is 1.77. The molecule has 0 saturated carbocycles. The molecule has 0 aromatic heterocycles. The van der Waals surface area contributed by atoms with Crippen LogP contribution < -0.4 is 5.32 Å². The highest BCUT2D eigenvalue weighted by atomic mass is 16.5. The molecule has 0 heterocycles. The maximum atomic E-state index is 9.74. The van der Waals surface area contributed by atoms with Gasteiger partial charge in [-0.1, -0.05) is 30.3 Å². The summed E-state index contributed by atoms with van der Waals surface area (Å²) in [6, 6.07) is 9.95. The van der Waals surface area contributed by atoms with Gasteiger partial charge in [-0.2, -0.15) is 0 Å². The predicted octanol–water partition coefficient (Wildman–Crippen LogP) is 0.965. The molecule has 0 spiro atoms. The molecule has 1 rings (SSSR count). The summed E-state index contributed by atoms with van der Waals surface area (Å²) in [7, 11) is 0. The van der Waals surface area contributed by atoms with Crippen molar-refractivity contribution in [3.8, 4) is 0 Å². The minimum atomic E-state index is -0.549. The Kier molecular flexibility index (Phi) is 7.67. The molecule has 4 nitrogen and oxygen atoms in total. The van der Waals surface area contributed by atoms with Crippen LogP contribution in [0.1, 0.15) is 19.4 Å². The summed E-state index contributed by atoms with van der Waals surface area (Å²) in [4.78, 5) is 0. The number of rotatable bonds is 9. The summed E-state index contributed by atoms with van der Waals surface area (Å²) in [5.74, 6) is 0. The Balaban J connectivity index is 2.28. The fourth-order valence-electron chi connectivity index (χ4n) is 1.77. The SMILES string of the molecule is CC(C)OCC(O)CNC(CO)Cc1ccccc1. The topological polar surface area (TPSA) is 61.7 Å². The Labute approximate surface area is 115 Å². The van der Waals surface area contributed by atoms with Crippen molar-refractivity contribution in [2.45, 2.75) is 38.5 Å². The molecule has 2 atom stereocenters. The van der Waals surface area contributed by atoms with E-state index in [2.05, 4.69) is 5.32 Å². The second-order valence-corrected chi connectivity index (χ2v) is 5.01. The van der Waals surface area contributed by atoms with Crippen molar-refractivity contribution in [3.63, 3.8) is 0 Å². The number of aliphatic hydroxyl groups excluding tert-OH is 2. The highest BCUT2D eigenvalue weighted by Crippen LogP contribution is 2.03. The van der Waals surface area contributed by atoms with E-state index in [1.165, 1.54) is 5.56 Å². The lowest BCUT2D eigenvalue weighted by atomic mass is 10.1. The number of ether oxygens (including phenoxy) is 1. The standard InChI is InChI=1S/C15H25NO3/c1-12(2)19-11-15(18)9-16-14(10-17)8-13-6-4-3-5-7-13/h3-7,12,14-18H,8-11H2,1-2H3. The largest absolute Gasteiger partial charge is 0.395 e. The number of benzene rings is 1. The molecule has 1 aromatic rings. The fraction of sp³-hybridized carbons (Fsp3) is 0.600. The summed E-state index contributed by atoms with van der Waals surface area (Å²) in [5, 5.41) is 22.2. The summed E-state index contributed by atoms with van der Waals surface area (Å²) in [5.41, 5.74) is 1.17. The predicted molar refractivity (Wildman–Crippen MR) is 76.1 cm³/mol. The van der Waals surface area contributed by atoms with E-state index < -0.39 is 6.10 Å². The highest BCUT2D eigenvalue weighted by Gasteiger charge is 2.11. The van der Waals surface area contributed by atoms with Crippen molar-refractivity contribution in [2.24, 2.45) is 0 Å². The van der Waals surface area contributed by atoms with Crippen molar-refractivity contribution >= 4 is 0 Å². The van der Waals surface area contributed by atoms with Crippen LogP contribution in [-0.4, -0.2) is 48.2 Å². The van der Waals surface area contributed by atoms with Gasteiger partial charge in [0, 0.05) is 12.6 Å². The zero-order chi connectivity index (χ0) is 14.1. The monoisotopic (exact) mass is 267 g/mol. The van der Waals surface area contributed by atoms with E-state index >= 15 is 0 Å². The molecule has 1 aromatic carbocycles. The van der Waals surface area contributed by atoms with Gasteiger partial charge in [-0.05, 0) is 25.8 Å². The van der Waals surface area contributed by atoms with Crippen LogP contribution >= 0.6 is 0 Å². The minimum absolute atomic E-state index is 0.0453. The molecule has 108 valence electrons. The van der Waals surface area contributed by atoms with Crippen molar-refractivity contribution in [1.82, 2.24) is 5.32 Å². The normalized spacial score (nSPS) is 14.6. The molecular formula is C15H25NO3. The summed E-state index contributed by atoms with van der Waals surface area (Å²) in [6.07, 6.45) is 0.314. The van der Waals surface area contributed by atoms with E-state index in [4.69, 9.17) is 4.74 Å². The maximum Gasteiger partial charge on any atom is 0.0897 e. The van der Waals surface area contributed by atoms with Crippen LogP contribution in [0.2, 0.25) is 0 Å². The first-order valence-electron chi connectivity index (χ1n) is 6.79. The zero-order valence-electron chi connectivity index (χ0n) is 11.7. The van der Waals surface area contributed by atoms with Gasteiger partial charge < -0.3 is 20.3 Å². The van der Waals surface area contributed by atoms with Crippen molar-refractivity contribution in [1.29, 1.82) is 0 Å². The average Bonchev–Trinajstić information content (AvgIpc) is 2.42. The van der Waals surface area contributed by atoms with Crippen LogP contribution in [0.15, 0.2) is 30.3 Å². The van der Waals surface area contributed by atoms with Gasteiger partial charge >= 0.3 is 0 Å². The third kappa shape index (κ3) is 7.28. The summed E-state index contributed by atoms with van der Waals surface area (Å²) >= 11 is 0. The van der Waals surface area contributed by atoms with E-state index in [9.17, 15) is 10.2 Å². The number of nitrogens with one attached hydrogen (secondary N) is 1. The third-order valence-corrected chi connectivity index (χ3v) is 2.81. The third-order valence-electron chi connectivity index (χ3n) is 2.81. The summed E-state index contributed by atoms with van der Waals surface area (Å²) < 4.78 is 5.34. The zero-order valence-corrected chi connectivity index (χ0v) is 11.7. The average molecular weight is 267 g/mol. The number of aliphatic hydroxyl groups is 2. The lowest BCUT2D eigenvalue weighted by Gasteiger charge is -2.19. The van der Waals surface area contributed by atoms with Gasteiger partial charge in [0.15, 0.2) is 0 Å². The number of hydrogen-bond donors (Lipinski definition) is 3. The Morgan fingerprint density at radius 2 is 1.89 bits per heavy atom. The highest BCUT2D eigenvalue weighted by molar-refractivity contribution is 5.15. The minimum Gasteiger partial charge on any atom is -0.395 e. The molecule has 0 fully saturated rings. The molecule has 4 heteroatoms. The van der Waals surface area contributed by atoms with Crippen LogP contribution in [0.4, 0.5) is 0 Å². The van der Waals surface area contributed by atoms with E-state index in [1.807, 2.05) is 44.2 Å². The molecule has 3 N–H and O–H groups in total. The van der Waals surface area contributed by atoms with E-state index in [-0.39, 0.29) is 18.8 Å². The molecule has 0 radical (unpaired) electrons. The van der Waals surface area contributed by atoms with Crippen molar-refractivity contribution in [2.75, 3.05) is 19.8 Å². The van der Waals surface area contributed by atoms with Gasteiger partial charge in [0.2, 0.25) is 0 Å². The molecule has 2 unspecified atom stereocenters. The lowest BCUT2D eigenvalue weighted by molar-refractivity contribution is 0.00476. The Bertz CT molecular complexity index is 329. The molecule has 0 aliphatic heterocycles. The summed E-state index contributed by atoms with van der Waals surface area (Å²) in [6.45, 7) is 4.66. The van der Waals surface area contributed by atoms with Crippen molar-refractivity contribution in [3.05, 3.63) is 35.9 Å². The molecule has 0 aliphatic carbocycles. The van der Waals surface area contributed by atoms with Crippen molar-refractivity contribution < 1.29 is 14.9 Å². The molecule has 19 heavy (non-hydrogen) atoms. The molecule has 0 bridgehead atoms. The Morgan fingerprint density at radius 1 is 1.21 bits per heavy atom. The van der Waals surface area contributed by atoms with E-state index in [1.54, 1.807) is 0 Å². The van der Waals surface area contributed by atoms with Crippen LogP contribution in [0.5, 0.6) is 0 Å². The van der Waals surface area contributed by atoms with Gasteiger partial charge in [0.1, 0.15) is 0 Å². The first kappa shape index (κ1) is 16.1. The van der Waals surface area contributed by atoms with Gasteiger partial charge in [0.05, 0.1) is 25.4 Å². The van der Waals surface area contributed by atoms with Crippen LogP contribution in [0.25, 0.3) is 0 Å². The number of hydrogen-bond acceptors (Lipinski definition) is 4. The molecule has 0 saturated heterocycles. The quantitative estimate of drug-likeness (QED) is 0.624. The Hall–Kier alpha value is -0.940. The lowest BCUT2D eigenvalue weighted by Crippen LogP contribution is -2.41. The smallest absolute Gasteiger partial charge is 0.0897 e. The second kappa shape index (κ2) is 9.04. The second-order valence-electron chi connectivity index (χ2n) is 5.01.